The van der Waals surface area contributed by atoms with Gasteiger partial charge in [0.2, 0.25) is 0 Å². The van der Waals surface area contributed by atoms with Crippen LogP contribution in [0.3, 0.4) is 0 Å². The monoisotopic (exact) mass is 288 g/mol. The highest BCUT2D eigenvalue weighted by Crippen LogP contribution is 2.18. The van der Waals surface area contributed by atoms with Crippen molar-refractivity contribution in [2.75, 3.05) is 13.1 Å². The van der Waals surface area contributed by atoms with Gasteiger partial charge in [-0.25, -0.2) is 4.39 Å². The minimum absolute atomic E-state index is 0.168. The first-order chi connectivity index (χ1) is 7.61. The third-order valence-corrected chi connectivity index (χ3v) is 2.96. The highest BCUT2D eigenvalue weighted by molar-refractivity contribution is 9.10. The Kier molecular flexibility index (Phi) is 5.95. The van der Waals surface area contributed by atoms with Crippen molar-refractivity contribution in [3.05, 3.63) is 34.1 Å². The molecule has 0 saturated carbocycles. The summed E-state index contributed by atoms with van der Waals surface area (Å²) < 4.78 is 14.2. The van der Waals surface area contributed by atoms with E-state index in [-0.39, 0.29) is 5.82 Å². The molecule has 0 spiro atoms. The first-order valence-corrected chi connectivity index (χ1v) is 6.27. The molecule has 0 aromatic heterocycles. The van der Waals surface area contributed by atoms with Crippen molar-refractivity contribution >= 4 is 15.9 Å². The van der Waals surface area contributed by atoms with E-state index in [9.17, 15) is 4.39 Å². The molecule has 16 heavy (non-hydrogen) atoms. The van der Waals surface area contributed by atoms with E-state index >= 15 is 0 Å². The predicted molar refractivity (Wildman–Crippen MR) is 68.9 cm³/mol. The molecular formula is C12H18BrFN2. The summed E-state index contributed by atoms with van der Waals surface area (Å²) in [5.41, 5.74) is 0.687. The highest BCUT2D eigenvalue weighted by Gasteiger charge is 2.05. The quantitative estimate of drug-likeness (QED) is 0.787. The van der Waals surface area contributed by atoms with Gasteiger partial charge in [0.15, 0.2) is 0 Å². The third-order valence-electron chi connectivity index (χ3n) is 2.22. The highest BCUT2D eigenvalue weighted by atomic mass is 79.9. The summed E-state index contributed by atoms with van der Waals surface area (Å²) in [5.74, 6) is -0.168. The van der Waals surface area contributed by atoms with Gasteiger partial charge < -0.3 is 10.6 Å². The number of rotatable bonds is 6. The summed E-state index contributed by atoms with van der Waals surface area (Å²) >= 11 is 3.34. The lowest BCUT2D eigenvalue weighted by Gasteiger charge is -2.10. The molecule has 90 valence electrons. The second-order valence-electron chi connectivity index (χ2n) is 3.99. The topological polar surface area (TPSA) is 24.1 Å². The van der Waals surface area contributed by atoms with Crippen LogP contribution in [-0.2, 0) is 6.54 Å². The predicted octanol–water partition coefficient (Wildman–Crippen LogP) is 2.68. The van der Waals surface area contributed by atoms with Crippen LogP contribution in [-0.4, -0.2) is 19.1 Å². The van der Waals surface area contributed by atoms with Crippen LogP contribution in [0.25, 0.3) is 0 Å². The van der Waals surface area contributed by atoms with Crippen molar-refractivity contribution in [1.82, 2.24) is 10.6 Å². The van der Waals surface area contributed by atoms with Gasteiger partial charge >= 0.3 is 0 Å². The van der Waals surface area contributed by atoms with Gasteiger partial charge in [0, 0.05) is 35.7 Å². The van der Waals surface area contributed by atoms with Crippen LogP contribution in [0.15, 0.2) is 22.7 Å². The molecule has 0 heterocycles. The maximum atomic E-state index is 13.4. The molecule has 0 fully saturated rings. The molecule has 0 saturated heterocycles. The molecule has 1 rings (SSSR count). The Morgan fingerprint density at radius 2 is 2.06 bits per heavy atom. The second kappa shape index (κ2) is 6.99. The Labute approximate surface area is 105 Å². The zero-order valence-electron chi connectivity index (χ0n) is 9.69. The SMILES string of the molecule is CC(C)NCCNCc1c(F)cccc1Br. The van der Waals surface area contributed by atoms with Gasteiger partial charge in [-0.3, -0.25) is 0 Å². The van der Waals surface area contributed by atoms with Gasteiger partial charge in [-0.15, -0.1) is 0 Å². The minimum Gasteiger partial charge on any atom is -0.313 e. The first kappa shape index (κ1) is 13.6. The van der Waals surface area contributed by atoms with Crippen LogP contribution in [0.4, 0.5) is 4.39 Å². The van der Waals surface area contributed by atoms with Crippen LogP contribution >= 0.6 is 15.9 Å². The molecule has 0 aliphatic heterocycles. The summed E-state index contributed by atoms with van der Waals surface area (Å²) in [6.07, 6.45) is 0. The molecule has 0 amide bonds. The summed E-state index contributed by atoms with van der Waals surface area (Å²) in [7, 11) is 0. The van der Waals surface area contributed by atoms with Crippen LogP contribution in [0.5, 0.6) is 0 Å². The lowest BCUT2D eigenvalue weighted by atomic mass is 10.2. The van der Waals surface area contributed by atoms with Crippen molar-refractivity contribution in [3.8, 4) is 0 Å². The van der Waals surface area contributed by atoms with E-state index < -0.39 is 0 Å². The van der Waals surface area contributed by atoms with Crippen molar-refractivity contribution in [3.63, 3.8) is 0 Å². The third kappa shape index (κ3) is 4.60. The van der Waals surface area contributed by atoms with Crippen molar-refractivity contribution in [1.29, 1.82) is 0 Å². The van der Waals surface area contributed by atoms with Gasteiger partial charge in [0.05, 0.1) is 0 Å². The maximum Gasteiger partial charge on any atom is 0.128 e. The largest absolute Gasteiger partial charge is 0.313 e. The first-order valence-electron chi connectivity index (χ1n) is 5.48. The van der Waals surface area contributed by atoms with E-state index in [0.717, 1.165) is 17.6 Å². The average molecular weight is 289 g/mol. The smallest absolute Gasteiger partial charge is 0.128 e. The fourth-order valence-electron chi connectivity index (χ4n) is 1.36. The summed E-state index contributed by atoms with van der Waals surface area (Å²) in [6.45, 7) is 6.48. The molecule has 0 unspecified atom stereocenters. The molecule has 0 atom stereocenters. The molecule has 2 N–H and O–H groups in total. The number of benzene rings is 1. The molecule has 0 bridgehead atoms. The van der Waals surface area contributed by atoms with Crippen molar-refractivity contribution in [2.45, 2.75) is 26.4 Å². The van der Waals surface area contributed by atoms with E-state index in [1.165, 1.54) is 6.07 Å². The fraction of sp³-hybridized carbons (Fsp3) is 0.500. The van der Waals surface area contributed by atoms with Crippen LogP contribution in [0.1, 0.15) is 19.4 Å². The normalized spacial score (nSPS) is 11.1. The number of hydrogen-bond acceptors (Lipinski definition) is 2. The Morgan fingerprint density at radius 1 is 1.31 bits per heavy atom. The Bertz CT molecular complexity index is 309. The number of hydrogen-bond donors (Lipinski definition) is 2. The lowest BCUT2D eigenvalue weighted by molar-refractivity contribution is 0.543. The molecule has 0 aliphatic rings. The molecule has 2 nitrogen and oxygen atoms in total. The standard InChI is InChI=1S/C12H18BrFN2/c1-9(2)16-7-6-15-8-10-11(13)4-3-5-12(10)14/h3-5,9,15-16H,6-8H2,1-2H3. The molecule has 1 aromatic rings. The van der Waals surface area contributed by atoms with Gasteiger partial charge in [-0.1, -0.05) is 35.8 Å². The van der Waals surface area contributed by atoms with Crippen LogP contribution in [0, 0.1) is 5.82 Å². The van der Waals surface area contributed by atoms with Crippen molar-refractivity contribution in [2.24, 2.45) is 0 Å². The van der Waals surface area contributed by atoms with Gasteiger partial charge in [-0.2, -0.15) is 0 Å². The second-order valence-corrected chi connectivity index (χ2v) is 4.84. The minimum atomic E-state index is -0.168. The Morgan fingerprint density at radius 3 is 2.69 bits per heavy atom. The summed E-state index contributed by atoms with van der Waals surface area (Å²) in [4.78, 5) is 0. The van der Waals surface area contributed by atoms with Crippen LogP contribution in [0.2, 0.25) is 0 Å². The molecule has 0 aliphatic carbocycles. The Balaban J connectivity index is 2.32. The van der Waals surface area contributed by atoms with E-state index in [1.807, 2.05) is 6.07 Å². The molecule has 4 heteroatoms. The lowest BCUT2D eigenvalue weighted by Crippen LogP contribution is -2.31. The van der Waals surface area contributed by atoms with Gasteiger partial charge in [-0.05, 0) is 12.1 Å². The van der Waals surface area contributed by atoms with E-state index in [1.54, 1.807) is 6.07 Å². The fourth-order valence-corrected chi connectivity index (χ4v) is 1.85. The maximum absolute atomic E-state index is 13.4. The molecule has 1 aromatic carbocycles. The van der Waals surface area contributed by atoms with E-state index in [4.69, 9.17) is 0 Å². The van der Waals surface area contributed by atoms with Gasteiger partial charge in [0.1, 0.15) is 5.82 Å². The van der Waals surface area contributed by atoms with Crippen LogP contribution < -0.4 is 10.6 Å². The number of halogens is 2. The molecular weight excluding hydrogens is 271 g/mol. The van der Waals surface area contributed by atoms with Gasteiger partial charge in [0.25, 0.3) is 0 Å². The average Bonchev–Trinajstić information content (AvgIpc) is 2.21. The zero-order valence-corrected chi connectivity index (χ0v) is 11.3. The van der Waals surface area contributed by atoms with E-state index in [2.05, 4.69) is 40.4 Å². The van der Waals surface area contributed by atoms with Crippen molar-refractivity contribution < 1.29 is 4.39 Å². The Hall–Kier alpha value is -0.450. The summed E-state index contributed by atoms with van der Waals surface area (Å²) in [5, 5.41) is 6.50. The molecule has 0 radical (unpaired) electrons. The van der Waals surface area contributed by atoms with E-state index in [0.29, 0.717) is 18.2 Å². The number of nitrogens with one attached hydrogen (secondary N) is 2. The zero-order chi connectivity index (χ0) is 12.0. The summed E-state index contributed by atoms with van der Waals surface area (Å²) in [6, 6.07) is 5.52.